The summed E-state index contributed by atoms with van der Waals surface area (Å²) in [6.07, 6.45) is 6.74. The van der Waals surface area contributed by atoms with Gasteiger partial charge in [-0.15, -0.1) is 12.4 Å². The van der Waals surface area contributed by atoms with Crippen LogP contribution in [0.2, 0.25) is 0 Å². The summed E-state index contributed by atoms with van der Waals surface area (Å²) >= 11 is 0. The van der Waals surface area contributed by atoms with Crippen LogP contribution in [0.1, 0.15) is 62.2 Å². The first kappa shape index (κ1) is 20.9. The predicted octanol–water partition coefficient (Wildman–Crippen LogP) is 3.66. The number of hydrogen-bond donors (Lipinski definition) is 2. The second kappa shape index (κ2) is 11.5. The van der Waals surface area contributed by atoms with Gasteiger partial charge in [-0.1, -0.05) is 42.7 Å². The standard InChI is InChI=1S/C19H30N2O2.ClH/c1-15-9-11-16(12-10-15)19-17(7-6-14-23-19)21-18(22)8-4-2-3-5-13-20;/h9-12,17,19H,2-8,13-14,20H2,1H3,(H,21,22);1H. The molecule has 1 aliphatic heterocycles. The molecule has 4 nitrogen and oxygen atoms in total. The Hall–Kier alpha value is -1.10. The zero-order valence-corrected chi connectivity index (χ0v) is 15.4. The van der Waals surface area contributed by atoms with E-state index in [4.69, 9.17) is 10.5 Å². The van der Waals surface area contributed by atoms with Gasteiger partial charge in [0.1, 0.15) is 6.10 Å². The Kier molecular flexibility index (Phi) is 9.99. The van der Waals surface area contributed by atoms with Crippen LogP contribution in [0.5, 0.6) is 0 Å². The number of nitrogens with two attached hydrogens (primary N) is 1. The molecule has 0 aromatic heterocycles. The van der Waals surface area contributed by atoms with Gasteiger partial charge < -0.3 is 15.8 Å². The Morgan fingerprint density at radius 1 is 1.21 bits per heavy atom. The Morgan fingerprint density at radius 3 is 2.62 bits per heavy atom. The molecule has 2 rings (SSSR count). The number of nitrogens with one attached hydrogen (secondary N) is 1. The Morgan fingerprint density at radius 2 is 1.92 bits per heavy atom. The van der Waals surface area contributed by atoms with Gasteiger partial charge in [0.15, 0.2) is 0 Å². The van der Waals surface area contributed by atoms with Gasteiger partial charge in [0.2, 0.25) is 5.91 Å². The van der Waals surface area contributed by atoms with Crippen LogP contribution in [0.4, 0.5) is 0 Å². The molecule has 0 aliphatic carbocycles. The second-order valence-corrected chi connectivity index (χ2v) is 6.47. The molecule has 0 saturated carbocycles. The highest BCUT2D eigenvalue weighted by Crippen LogP contribution is 2.28. The highest BCUT2D eigenvalue weighted by atomic mass is 35.5. The van der Waals surface area contributed by atoms with Crippen molar-refractivity contribution in [2.75, 3.05) is 13.2 Å². The summed E-state index contributed by atoms with van der Waals surface area (Å²) in [6, 6.07) is 8.50. The van der Waals surface area contributed by atoms with Crippen molar-refractivity contribution in [3.63, 3.8) is 0 Å². The fourth-order valence-corrected chi connectivity index (χ4v) is 3.08. The van der Waals surface area contributed by atoms with Crippen molar-refractivity contribution in [1.29, 1.82) is 0 Å². The van der Waals surface area contributed by atoms with E-state index in [9.17, 15) is 4.79 Å². The SMILES string of the molecule is Cc1ccc(C2OCCCC2NC(=O)CCCCCCN)cc1.Cl. The van der Waals surface area contributed by atoms with E-state index in [-0.39, 0.29) is 30.5 Å². The summed E-state index contributed by atoms with van der Waals surface area (Å²) in [5.41, 5.74) is 7.88. The highest BCUT2D eigenvalue weighted by molar-refractivity contribution is 5.85. The quantitative estimate of drug-likeness (QED) is 0.700. The zero-order chi connectivity index (χ0) is 16.5. The van der Waals surface area contributed by atoms with Crippen LogP contribution in [-0.4, -0.2) is 25.1 Å². The molecule has 1 heterocycles. The van der Waals surface area contributed by atoms with Gasteiger partial charge in [0.25, 0.3) is 0 Å². The number of benzene rings is 1. The Labute approximate surface area is 151 Å². The van der Waals surface area contributed by atoms with Crippen molar-refractivity contribution in [2.45, 2.75) is 64.0 Å². The molecule has 1 fully saturated rings. The van der Waals surface area contributed by atoms with E-state index >= 15 is 0 Å². The van der Waals surface area contributed by atoms with Crippen LogP contribution in [0.25, 0.3) is 0 Å². The van der Waals surface area contributed by atoms with E-state index in [1.807, 2.05) is 0 Å². The van der Waals surface area contributed by atoms with Crippen LogP contribution >= 0.6 is 12.4 Å². The predicted molar refractivity (Wildman–Crippen MR) is 100 cm³/mol. The summed E-state index contributed by atoms with van der Waals surface area (Å²) in [4.78, 5) is 12.2. The van der Waals surface area contributed by atoms with Crippen LogP contribution in [0, 0.1) is 6.92 Å². The van der Waals surface area contributed by atoms with E-state index in [1.165, 1.54) is 5.56 Å². The van der Waals surface area contributed by atoms with Crippen molar-refractivity contribution in [2.24, 2.45) is 5.73 Å². The molecule has 1 amide bonds. The minimum Gasteiger partial charge on any atom is -0.371 e. The van der Waals surface area contributed by atoms with Gasteiger partial charge in [-0.05, 0) is 44.7 Å². The fourth-order valence-electron chi connectivity index (χ4n) is 3.08. The van der Waals surface area contributed by atoms with Gasteiger partial charge in [0.05, 0.1) is 6.04 Å². The maximum Gasteiger partial charge on any atom is 0.220 e. The molecular formula is C19H31ClN2O2. The lowest BCUT2D eigenvalue weighted by molar-refractivity contribution is -0.124. The first-order valence-corrected chi connectivity index (χ1v) is 8.88. The third-order valence-corrected chi connectivity index (χ3v) is 4.43. The molecule has 1 aliphatic rings. The average molecular weight is 355 g/mol. The van der Waals surface area contributed by atoms with E-state index in [1.54, 1.807) is 0 Å². The lowest BCUT2D eigenvalue weighted by Crippen LogP contribution is -2.42. The molecule has 136 valence electrons. The lowest BCUT2D eigenvalue weighted by Gasteiger charge is -2.32. The zero-order valence-electron chi connectivity index (χ0n) is 14.6. The van der Waals surface area contributed by atoms with Crippen LogP contribution < -0.4 is 11.1 Å². The second-order valence-electron chi connectivity index (χ2n) is 6.47. The number of rotatable bonds is 8. The van der Waals surface area contributed by atoms with Crippen LogP contribution in [0.15, 0.2) is 24.3 Å². The Balaban J connectivity index is 0.00000288. The monoisotopic (exact) mass is 354 g/mol. The topological polar surface area (TPSA) is 64.3 Å². The molecule has 3 N–H and O–H groups in total. The smallest absolute Gasteiger partial charge is 0.220 e. The number of carbonyl (C=O) groups is 1. The molecule has 1 aromatic rings. The number of hydrogen-bond acceptors (Lipinski definition) is 3. The van der Waals surface area contributed by atoms with E-state index in [0.29, 0.717) is 6.42 Å². The molecule has 0 spiro atoms. The minimum atomic E-state index is -0.0226. The molecular weight excluding hydrogens is 324 g/mol. The van der Waals surface area contributed by atoms with Crippen molar-refractivity contribution >= 4 is 18.3 Å². The first-order valence-electron chi connectivity index (χ1n) is 8.88. The number of carbonyl (C=O) groups excluding carboxylic acids is 1. The van der Waals surface area contributed by atoms with Gasteiger partial charge in [-0.3, -0.25) is 4.79 Å². The minimum absolute atomic E-state index is 0. The van der Waals surface area contributed by atoms with E-state index in [0.717, 1.165) is 57.2 Å². The average Bonchev–Trinajstić information content (AvgIpc) is 2.56. The molecule has 0 radical (unpaired) electrons. The lowest BCUT2D eigenvalue weighted by atomic mass is 9.95. The van der Waals surface area contributed by atoms with Gasteiger partial charge >= 0.3 is 0 Å². The van der Waals surface area contributed by atoms with Crippen molar-refractivity contribution in [1.82, 2.24) is 5.32 Å². The first-order chi connectivity index (χ1) is 11.2. The largest absolute Gasteiger partial charge is 0.371 e. The van der Waals surface area contributed by atoms with Crippen LogP contribution in [-0.2, 0) is 9.53 Å². The third kappa shape index (κ3) is 6.80. The molecule has 5 heteroatoms. The summed E-state index contributed by atoms with van der Waals surface area (Å²) in [6.45, 7) is 3.59. The maximum absolute atomic E-state index is 12.2. The van der Waals surface area contributed by atoms with Gasteiger partial charge in [-0.2, -0.15) is 0 Å². The number of halogens is 1. The third-order valence-electron chi connectivity index (χ3n) is 4.43. The van der Waals surface area contributed by atoms with Gasteiger partial charge in [-0.25, -0.2) is 0 Å². The van der Waals surface area contributed by atoms with Crippen molar-refractivity contribution < 1.29 is 9.53 Å². The van der Waals surface area contributed by atoms with Crippen molar-refractivity contribution in [3.8, 4) is 0 Å². The molecule has 0 bridgehead atoms. The molecule has 2 unspecified atom stereocenters. The van der Waals surface area contributed by atoms with Gasteiger partial charge in [0, 0.05) is 13.0 Å². The number of ether oxygens (including phenoxy) is 1. The van der Waals surface area contributed by atoms with Crippen LogP contribution in [0.3, 0.4) is 0 Å². The summed E-state index contributed by atoms with van der Waals surface area (Å²) in [7, 11) is 0. The molecule has 24 heavy (non-hydrogen) atoms. The van der Waals surface area contributed by atoms with E-state index < -0.39 is 0 Å². The number of aryl methyl sites for hydroxylation is 1. The number of amides is 1. The maximum atomic E-state index is 12.2. The Bertz CT molecular complexity index is 479. The fraction of sp³-hybridized carbons (Fsp3) is 0.632. The molecule has 2 atom stereocenters. The molecule has 1 aromatic carbocycles. The summed E-state index contributed by atoms with van der Waals surface area (Å²) in [5.74, 6) is 0.144. The number of unbranched alkanes of at least 4 members (excludes halogenated alkanes) is 3. The normalized spacial score (nSPS) is 20.2. The molecule has 1 saturated heterocycles. The summed E-state index contributed by atoms with van der Waals surface area (Å²) in [5, 5.41) is 3.18. The van der Waals surface area contributed by atoms with Crippen molar-refractivity contribution in [3.05, 3.63) is 35.4 Å². The highest BCUT2D eigenvalue weighted by Gasteiger charge is 2.28. The van der Waals surface area contributed by atoms with E-state index in [2.05, 4.69) is 36.5 Å². The summed E-state index contributed by atoms with van der Waals surface area (Å²) < 4.78 is 5.95.